The Morgan fingerprint density at radius 2 is 0.688 bits per heavy atom. The number of benzene rings is 6. The maximum absolute atomic E-state index is 14.5. The van der Waals surface area contributed by atoms with Crippen molar-refractivity contribution in [3.8, 4) is 50.6 Å². The number of alkyl halides is 6. The molecule has 3 aliphatic carbocycles. The van der Waals surface area contributed by atoms with Gasteiger partial charge in [-0.2, -0.15) is 26.3 Å². The second kappa shape index (κ2) is 29.8. The minimum absolute atomic E-state index is 0.0718. The fraction of sp³-hybridized carbons (Fsp3) is 0.455. The van der Waals surface area contributed by atoms with Crippen LogP contribution < -0.4 is 14.2 Å². The van der Waals surface area contributed by atoms with Crippen LogP contribution in [-0.2, 0) is 19.3 Å². The van der Waals surface area contributed by atoms with Crippen molar-refractivity contribution in [3.63, 3.8) is 0 Å². The Hall–Kier alpha value is -5.84. The third-order valence-corrected chi connectivity index (χ3v) is 16.2. The van der Waals surface area contributed by atoms with Gasteiger partial charge >= 0.3 is 19.8 Å². The Bertz CT molecular complexity index is 2630. The van der Waals surface area contributed by atoms with Gasteiger partial charge in [0.25, 0.3) is 0 Å². The Kier molecular flexibility index (Phi) is 22.8. The third kappa shape index (κ3) is 19.5. The number of ether oxygens (including phenoxy) is 3. The largest absolute Gasteiger partial charge is 0.435 e. The molecule has 0 aromatic heterocycles. The van der Waals surface area contributed by atoms with Crippen molar-refractivity contribution in [2.45, 2.75) is 156 Å². The molecule has 0 heterocycles. The molecule has 77 heavy (non-hydrogen) atoms. The van der Waals surface area contributed by atoms with Crippen molar-refractivity contribution in [2.24, 2.45) is 35.5 Å². The van der Waals surface area contributed by atoms with Crippen LogP contribution in [0.3, 0.4) is 0 Å². The molecule has 0 radical (unpaired) electrons. The summed E-state index contributed by atoms with van der Waals surface area (Å²) in [6.45, 7) is -1.65. The lowest BCUT2D eigenvalue weighted by atomic mass is 9.80. The second-order valence-electron chi connectivity index (χ2n) is 22.0. The SMILES string of the molecule is CC1CCC(CCc2ccc(-c3ccc(OC(F)F)c(F)c3)cc2)CC1.CC1CCC(CCc2ccc(-c3ccc(OC(F)F)cc3)c(F)c2)CC1.CC1CCC(CCc2ccc(-c3ccc(OC(F)F)cc3)cc2)CC1. The fourth-order valence-electron chi connectivity index (χ4n) is 11.2. The standard InChI is InChI=1S/2C22H25F3O.C22H26F2O/c1-15-2-4-16(5-3-15)6-7-17-8-13-20(21(23)14-17)18-9-11-19(12-10-18)26-22(24)25;1-15-2-4-16(5-3-15)6-7-17-8-10-18(11-9-17)19-12-13-21(20(23)14-19)26-22(24)25;1-16-2-4-17(5-3-16)6-7-18-8-10-19(11-9-18)20-12-14-21(15-13-20)25-22(23)24/h2*8-16,22H,2-7H2,1H3;8-17,22H,2-7H2,1H3. The minimum Gasteiger partial charge on any atom is -0.435 e. The molecule has 0 N–H and O–H groups in total. The van der Waals surface area contributed by atoms with Crippen LogP contribution in [-0.4, -0.2) is 19.8 Å². The summed E-state index contributed by atoms with van der Waals surface area (Å²) in [5, 5.41) is 0. The van der Waals surface area contributed by atoms with E-state index in [0.717, 1.165) is 83.4 Å². The van der Waals surface area contributed by atoms with E-state index in [9.17, 15) is 35.1 Å². The monoisotopic (exact) mass is 1070 g/mol. The average Bonchev–Trinajstić information content (AvgIpc) is 3.42. The molecule has 6 aromatic rings. The highest BCUT2D eigenvalue weighted by atomic mass is 19.3. The average molecular weight is 1070 g/mol. The summed E-state index contributed by atoms with van der Waals surface area (Å²) in [6.07, 6.45) is 22.8. The van der Waals surface area contributed by atoms with Crippen molar-refractivity contribution in [3.05, 3.63) is 162 Å². The van der Waals surface area contributed by atoms with Crippen LogP contribution in [0.15, 0.2) is 133 Å². The van der Waals surface area contributed by atoms with Gasteiger partial charge in [0.2, 0.25) is 0 Å². The molecule has 0 bridgehead atoms. The van der Waals surface area contributed by atoms with Crippen LogP contribution in [0.25, 0.3) is 33.4 Å². The summed E-state index contributed by atoms with van der Waals surface area (Å²) >= 11 is 0. The molecular weight excluding hydrogens is 993 g/mol. The summed E-state index contributed by atoms with van der Waals surface area (Å²) in [7, 11) is 0. The van der Waals surface area contributed by atoms with E-state index in [-0.39, 0.29) is 17.3 Å². The van der Waals surface area contributed by atoms with Crippen molar-refractivity contribution >= 4 is 0 Å². The molecule has 0 saturated heterocycles. The van der Waals surface area contributed by atoms with Crippen LogP contribution in [0.1, 0.15) is 134 Å². The lowest BCUT2D eigenvalue weighted by molar-refractivity contribution is -0.0524. The number of hydrogen-bond donors (Lipinski definition) is 0. The first-order valence-electron chi connectivity index (χ1n) is 27.9. The highest BCUT2D eigenvalue weighted by Gasteiger charge is 2.21. The van der Waals surface area contributed by atoms with Gasteiger partial charge in [-0.25, -0.2) is 8.78 Å². The number of hydrogen-bond acceptors (Lipinski definition) is 3. The van der Waals surface area contributed by atoms with E-state index in [2.05, 4.69) is 71.4 Å². The van der Waals surface area contributed by atoms with E-state index in [1.165, 1.54) is 125 Å². The van der Waals surface area contributed by atoms with Crippen molar-refractivity contribution < 1.29 is 49.3 Å². The number of aryl methyl sites for hydroxylation is 3. The van der Waals surface area contributed by atoms with Crippen molar-refractivity contribution in [1.29, 1.82) is 0 Å². The van der Waals surface area contributed by atoms with E-state index in [0.29, 0.717) is 16.7 Å². The molecule has 9 rings (SSSR count). The van der Waals surface area contributed by atoms with Crippen LogP contribution >= 0.6 is 0 Å². The number of rotatable bonds is 18. The lowest BCUT2D eigenvalue weighted by Gasteiger charge is -2.26. The molecule has 414 valence electrons. The molecule has 0 aliphatic heterocycles. The molecule has 11 heteroatoms. The summed E-state index contributed by atoms with van der Waals surface area (Å²) in [6, 6.07) is 38.9. The van der Waals surface area contributed by atoms with E-state index >= 15 is 0 Å². The van der Waals surface area contributed by atoms with E-state index < -0.39 is 31.4 Å². The normalized spacial score (nSPS) is 20.4. The Morgan fingerprint density at radius 3 is 1.06 bits per heavy atom. The predicted molar refractivity (Wildman–Crippen MR) is 294 cm³/mol. The quantitative estimate of drug-likeness (QED) is 0.0803. The molecule has 0 amide bonds. The summed E-state index contributed by atoms with van der Waals surface area (Å²) < 4.78 is 114. The first-order valence-corrected chi connectivity index (χ1v) is 27.9. The zero-order valence-corrected chi connectivity index (χ0v) is 44.9. The fourth-order valence-corrected chi connectivity index (χ4v) is 11.2. The first-order chi connectivity index (χ1) is 37.1. The molecule has 0 spiro atoms. The summed E-state index contributed by atoms with van der Waals surface area (Å²) in [4.78, 5) is 0. The van der Waals surface area contributed by atoms with Gasteiger partial charge in [0.05, 0.1) is 0 Å². The Morgan fingerprint density at radius 1 is 0.351 bits per heavy atom. The smallest absolute Gasteiger partial charge is 0.387 e. The molecule has 3 saturated carbocycles. The van der Waals surface area contributed by atoms with Gasteiger partial charge in [0, 0.05) is 5.56 Å². The van der Waals surface area contributed by atoms with Crippen LogP contribution in [0, 0.1) is 47.1 Å². The summed E-state index contributed by atoms with van der Waals surface area (Å²) in [5.74, 6) is 3.90. The molecule has 3 aliphatic rings. The van der Waals surface area contributed by atoms with Gasteiger partial charge in [0.15, 0.2) is 11.6 Å². The number of halogens is 8. The Labute approximate surface area is 451 Å². The van der Waals surface area contributed by atoms with E-state index in [1.807, 2.05) is 30.3 Å². The van der Waals surface area contributed by atoms with Gasteiger partial charge in [-0.05, 0) is 161 Å². The topological polar surface area (TPSA) is 27.7 Å². The molecular formula is C66H76F8O3. The zero-order chi connectivity index (χ0) is 54.7. The maximum atomic E-state index is 14.5. The third-order valence-electron chi connectivity index (χ3n) is 16.2. The highest BCUT2D eigenvalue weighted by Crippen LogP contribution is 2.35. The van der Waals surface area contributed by atoms with Gasteiger partial charge in [-0.3, -0.25) is 0 Å². The van der Waals surface area contributed by atoms with E-state index in [4.69, 9.17) is 0 Å². The summed E-state index contributed by atoms with van der Waals surface area (Å²) in [5.41, 5.74) is 8.42. The molecule has 6 aromatic carbocycles. The lowest BCUT2D eigenvalue weighted by Crippen LogP contribution is -2.12. The van der Waals surface area contributed by atoms with Gasteiger partial charge in [-0.15, -0.1) is 0 Å². The van der Waals surface area contributed by atoms with Crippen LogP contribution in [0.5, 0.6) is 17.2 Å². The zero-order valence-electron chi connectivity index (χ0n) is 44.9. The predicted octanol–water partition coefficient (Wildman–Crippen LogP) is 20.4. The van der Waals surface area contributed by atoms with Crippen molar-refractivity contribution in [1.82, 2.24) is 0 Å². The van der Waals surface area contributed by atoms with Gasteiger partial charge < -0.3 is 14.2 Å². The molecule has 3 fully saturated rings. The second-order valence-corrected chi connectivity index (χ2v) is 22.0. The van der Waals surface area contributed by atoms with Crippen molar-refractivity contribution in [2.75, 3.05) is 0 Å². The van der Waals surface area contributed by atoms with Crippen LogP contribution in [0.4, 0.5) is 35.1 Å². The first kappa shape index (κ1) is 58.8. The molecule has 3 nitrogen and oxygen atoms in total. The highest BCUT2D eigenvalue weighted by molar-refractivity contribution is 5.66. The maximum Gasteiger partial charge on any atom is 0.387 e. The Balaban J connectivity index is 0.000000168. The van der Waals surface area contributed by atoms with Gasteiger partial charge in [0.1, 0.15) is 17.3 Å². The van der Waals surface area contributed by atoms with Gasteiger partial charge in [-0.1, -0.05) is 189 Å². The molecule has 0 atom stereocenters. The minimum atomic E-state index is -3.03. The van der Waals surface area contributed by atoms with Crippen LogP contribution in [0.2, 0.25) is 0 Å². The van der Waals surface area contributed by atoms with E-state index in [1.54, 1.807) is 42.5 Å². The molecule has 0 unspecified atom stereocenters.